The normalized spacial score (nSPS) is 13.7. The fourth-order valence-electron chi connectivity index (χ4n) is 1.64. The highest BCUT2D eigenvalue weighted by Gasteiger charge is 2.25. The fraction of sp³-hybridized carbons (Fsp3) is 0.833. The van der Waals surface area contributed by atoms with Crippen LogP contribution in [-0.4, -0.2) is 78.0 Å². The van der Waals surface area contributed by atoms with E-state index >= 15 is 0 Å². The molecular formula is C12H24N2O5. The highest BCUT2D eigenvalue weighted by atomic mass is 16.5. The first-order valence-corrected chi connectivity index (χ1v) is 6.23. The maximum absolute atomic E-state index is 12.2. The third-order valence-electron chi connectivity index (χ3n) is 2.84. The molecule has 0 aliphatic heterocycles. The molecule has 7 heteroatoms. The van der Waals surface area contributed by atoms with Gasteiger partial charge in [-0.3, -0.25) is 4.79 Å². The van der Waals surface area contributed by atoms with E-state index in [1.165, 1.54) is 24.0 Å². The van der Waals surface area contributed by atoms with Crippen molar-refractivity contribution in [3.63, 3.8) is 0 Å². The van der Waals surface area contributed by atoms with E-state index < -0.39 is 18.1 Å². The summed E-state index contributed by atoms with van der Waals surface area (Å²) in [5, 5.41) is 18.4. The van der Waals surface area contributed by atoms with Crippen LogP contribution in [0.4, 0.5) is 4.79 Å². The van der Waals surface area contributed by atoms with E-state index in [4.69, 9.17) is 9.84 Å². The van der Waals surface area contributed by atoms with E-state index in [0.717, 1.165) is 0 Å². The number of rotatable bonds is 8. The van der Waals surface area contributed by atoms with Crippen LogP contribution in [0.5, 0.6) is 0 Å². The second-order valence-electron chi connectivity index (χ2n) is 4.55. The second kappa shape index (κ2) is 8.71. The number of carboxylic acid groups (broad SMARTS) is 1. The molecule has 0 saturated heterocycles. The lowest BCUT2D eigenvalue weighted by Gasteiger charge is -2.32. The summed E-state index contributed by atoms with van der Waals surface area (Å²) >= 11 is 0. The number of likely N-dealkylation sites (N-methyl/N-ethyl adjacent to an activating group) is 1. The number of ether oxygens (including phenoxy) is 1. The number of hydrogen-bond acceptors (Lipinski definition) is 4. The molecule has 0 saturated carbocycles. The lowest BCUT2D eigenvalue weighted by Crippen LogP contribution is -2.49. The largest absolute Gasteiger partial charge is 0.480 e. The summed E-state index contributed by atoms with van der Waals surface area (Å²) in [6.45, 7) is 3.55. The molecule has 112 valence electrons. The van der Waals surface area contributed by atoms with Crippen LogP contribution in [0.15, 0.2) is 0 Å². The summed E-state index contributed by atoms with van der Waals surface area (Å²) in [6.07, 6.45) is -0.129. The van der Waals surface area contributed by atoms with E-state index in [-0.39, 0.29) is 25.7 Å². The molecular weight excluding hydrogens is 252 g/mol. The van der Waals surface area contributed by atoms with Crippen molar-refractivity contribution in [3.05, 3.63) is 0 Å². The number of amides is 2. The predicted molar refractivity (Wildman–Crippen MR) is 70.0 cm³/mol. The van der Waals surface area contributed by atoms with Crippen LogP contribution in [0.25, 0.3) is 0 Å². The number of aliphatic hydroxyl groups is 1. The molecule has 0 rings (SSSR count). The summed E-state index contributed by atoms with van der Waals surface area (Å²) in [4.78, 5) is 25.5. The van der Waals surface area contributed by atoms with Crippen molar-refractivity contribution in [2.75, 3.05) is 33.9 Å². The summed E-state index contributed by atoms with van der Waals surface area (Å²) in [5.74, 6) is -1.06. The maximum atomic E-state index is 12.2. The number of carbonyl (C=O) groups is 2. The van der Waals surface area contributed by atoms with Crippen molar-refractivity contribution in [3.8, 4) is 0 Å². The molecule has 7 nitrogen and oxygen atoms in total. The molecule has 0 aromatic carbocycles. The lowest BCUT2D eigenvalue weighted by molar-refractivity contribution is -0.138. The van der Waals surface area contributed by atoms with Crippen molar-refractivity contribution in [1.82, 2.24) is 9.80 Å². The van der Waals surface area contributed by atoms with Gasteiger partial charge in [-0.15, -0.1) is 0 Å². The minimum atomic E-state index is -1.06. The Morgan fingerprint density at radius 3 is 2.37 bits per heavy atom. The zero-order valence-corrected chi connectivity index (χ0v) is 12.0. The molecule has 0 fully saturated rings. The molecule has 2 atom stereocenters. The van der Waals surface area contributed by atoms with Gasteiger partial charge in [-0.25, -0.2) is 4.79 Å². The Balaban J connectivity index is 4.64. The van der Waals surface area contributed by atoms with Crippen molar-refractivity contribution in [2.24, 2.45) is 0 Å². The average Bonchev–Trinajstić information content (AvgIpc) is 2.34. The third kappa shape index (κ3) is 6.40. The number of aliphatic carboxylic acids is 1. The van der Waals surface area contributed by atoms with Gasteiger partial charge in [-0.05, 0) is 13.3 Å². The monoisotopic (exact) mass is 276 g/mol. The topological polar surface area (TPSA) is 90.3 Å². The first kappa shape index (κ1) is 17.7. The SMILES string of the molecule is CCC(C)N(CC(=O)O)C(=O)N(C)CC(O)COC. The van der Waals surface area contributed by atoms with Crippen LogP contribution in [0.3, 0.4) is 0 Å². The van der Waals surface area contributed by atoms with Crippen LogP contribution in [0.2, 0.25) is 0 Å². The van der Waals surface area contributed by atoms with E-state index in [0.29, 0.717) is 6.42 Å². The molecule has 0 aromatic heterocycles. The number of carboxylic acids is 1. The van der Waals surface area contributed by atoms with Gasteiger partial charge < -0.3 is 24.7 Å². The fourth-order valence-corrected chi connectivity index (χ4v) is 1.64. The number of nitrogens with zero attached hydrogens (tertiary/aromatic N) is 2. The summed E-state index contributed by atoms with van der Waals surface area (Å²) in [6, 6.07) is -0.586. The first-order chi connectivity index (χ1) is 8.83. The Bertz CT molecular complexity index is 298. The van der Waals surface area contributed by atoms with E-state index in [1.807, 2.05) is 6.92 Å². The lowest BCUT2D eigenvalue weighted by atomic mass is 10.2. The van der Waals surface area contributed by atoms with Crippen molar-refractivity contribution in [1.29, 1.82) is 0 Å². The predicted octanol–water partition coefficient (Wildman–Crippen LogP) is 0.231. The standard InChI is InChI=1S/C12H24N2O5/c1-5-9(2)14(7-11(16)17)12(18)13(3)6-10(15)8-19-4/h9-10,15H,5-8H2,1-4H3,(H,16,17). The van der Waals surface area contributed by atoms with Gasteiger partial charge in [0, 0.05) is 20.2 Å². The second-order valence-corrected chi connectivity index (χ2v) is 4.55. The van der Waals surface area contributed by atoms with Gasteiger partial charge in [-0.1, -0.05) is 6.92 Å². The van der Waals surface area contributed by atoms with Gasteiger partial charge in [-0.2, -0.15) is 0 Å². The van der Waals surface area contributed by atoms with Gasteiger partial charge in [0.2, 0.25) is 0 Å². The summed E-state index contributed by atoms with van der Waals surface area (Å²) in [5.41, 5.74) is 0. The van der Waals surface area contributed by atoms with Gasteiger partial charge >= 0.3 is 12.0 Å². The van der Waals surface area contributed by atoms with Crippen LogP contribution in [-0.2, 0) is 9.53 Å². The Morgan fingerprint density at radius 1 is 1.37 bits per heavy atom. The quantitative estimate of drug-likeness (QED) is 0.662. The van der Waals surface area contributed by atoms with Crippen LogP contribution < -0.4 is 0 Å². The summed E-state index contributed by atoms with van der Waals surface area (Å²) in [7, 11) is 2.99. The molecule has 0 radical (unpaired) electrons. The smallest absolute Gasteiger partial charge is 0.323 e. The third-order valence-corrected chi connectivity index (χ3v) is 2.84. The molecule has 19 heavy (non-hydrogen) atoms. The van der Waals surface area contributed by atoms with Crippen molar-refractivity contribution >= 4 is 12.0 Å². The molecule has 0 aromatic rings. The van der Waals surface area contributed by atoms with Crippen LogP contribution in [0, 0.1) is 0 Å². The minimum absolute atomic E-state index is 0.0965. The van der Waals surface area contributed by atoms with Crippen molar-refractivity contribution in [2.45, 2.75) is 32.4 Å². The molecule has 2 unspecified atom stereocenters. The van der Waals surface area contributed by atoms with E-state index in [9.17, 15) is 14.7 Å². The Kier molecular flexibility index (Phi) is 8.09. The van der Waals surface area contributed by atoms with Gasteiger partial charge in [0.15, 0.2) is 0 Å². The highest BCUT2D eigenvalue weighted by molar-refractivity contribution is 5.80. The van der Waals surface area contributed by atoms with Crippen LogP contribution >= 0.6 is 0 Å². The molecule has 2 amide bonds. The highest BCUT2D eigenvalue weighted by Crippen LogP contribution is 2.07. The number of aliphatic hydroxyl groups excluding tert-OH is 1. The number of carbonyl (C=O) groups excluding carboxylic acids is 1. The Hall–Kier alpha value is -1.34. The molecule has 2 N–H and O–H groups in total. The molecule has 0 heterocycles. The first-order valence-electron chi connectivity index (χ1n) is 6.23. The zero-order chi connectivity index (χ0) is 15.0. The van der Waals surface area contributed by atoms with E-state index in [2.05, 4.69) is 0 Å². The molecule has 0 aliphatic rings. The summed E-state index contributed by atoms with van der Waals surface area (Å²) < 4.78 is 4.78. The number of methoxy groups -OCH3 is 1. The molecule has 0 spiro atoms. The number of hydrogen-bond donors (Lipinski definition) is 2. The average molecular weight is 276 g/mol. The molecule has 0 bridgehead atoms. The Morgan fingerprint density at radius 2 is 1.95 bits per heavy atom. The van der Waals surface area contributed by atoms with Gasteiger partial charge in [0.25, 0.3) is 0 Å². The Labute approximate surface area is 113 Å². The minimum Gasteiger partial charge on any atom is -0.480 e. The van der Waals surface area contributed by atoms with Crippen LogP contribution in [0.1, 0.15) is 20.3 Å². The zero-order valence-electron chi connectivity index (χ0n) is 12.0. The molecule has 0 aliphatic carbocycles. The van der Waals surface area contributed by atoms with E-state index in [1.54, 1.807) is 6.92 Å². The number of urea groups is 1. The maximum Gasteiger partial charge on any atom is 0.323 e. The van der Waals surface area contributed by atoms with Gasteiger partial charge in [0.05, 0.1) is 19.3 Å². The van der Waals surface area contributed by atoms with Crippen molar-refractivity contribution < 1.29 is 24.5 Å². The van der Waals surface area contributed by atoms with Gasteiger partial charge in [0.1, 0.15) is 6.54 Å².